The highest BCUT2D eigenvalue weighted by atomic mass is 79.9. The van der Waals surface area contributed by atoms with Gasteiger partial charge in [0.1, 0.15) is 0 Å². The van der Waals surface area contributed by atoms with E-state index in [4.69, 9.17) is 4.74 Å². The fourth-order valence-corrected chi connectivity index (χ4v) is 2.29. The summed E-state index contributed by atoms with van der Waals surface area (Å²) in [6, 6.07) is 5.85. The van der Waals surface area contributed by atoms with Crippen LogP contribution in [0.4, 0.5) is 5.69 Å². The lowest BCUT2D eigenvalue weighted by Crippen LogP contribution is -2.17. The first kappa shape index (κ1) is 14.2. The third-order valence-corrected chi connectivity index (χ3v) is 2.77. The molecule has 0 saturated carbocycles. The summed E-state index contributed by atoms with van der Waals surface area (Å²) in [6.45, 7) is 4.59. The van der Waals surface area contributed by atoms with Crippen molar-refractivity contribution in [2.45, 2.75) is 20.3 Å². The van der Waals surface area contributed by atoms with Gasteiger partial charge in [0.25, 0.3) is 0 Å². The van der Waals surface area contributed by atoms with Gasteiger partial charge in [-0.1, -0.05) is 22.9 Å². The molecule has 0 bridgehead atoms. The highest BCUT2D eigenvalue weighted by molar-refractivity contribution is 9.10. The van der Waals surface area contributed by atoms with E-state index in [0.29, 0.717) is 13.0 Å². The number of methoxy groups -OCH3 is 1. The SMILES string of the molecule is COCC(C)CC(=O)Nc1cc(C)cc(Br)c1. The summed E-state index contributed by atoms with van der Waals surface area (Å²) in [6.07, 6.45) is 0.472. The topological polar surface area (TPSA) is 38.3 Å². The van der Waals surface area contributed by atoms with E-state index in [1.54, 1.807) is 7.11 Å². The third kappa shape index (κ3) is 5.33. The van der Waals surface area contributed by atoms with E-state index < -0.39 is 0 Å². The Kier molecular flexibility index (Phi) is 5.65. The van der Waals surface area contributed by atoms with Crippen molar-refractivity contribution in [1.29, 1.82) is 0 Å². The number of hydrogen-bond acceptors (Lipinski definition) is 2. The second-order valence-electron chi connectivity index (χ2n) is 4.33. The Hall–Kier alpha value is -0.870. The number of rotatable bonds is 5. The van der Waals surface area contributed by atoms with Crippen LogP contribution >= 0.6 is 15.9 Å². The first-order valence-corrected chi connectivity index (χ1v) is 6.36. The molecule has 4 heteroatoms. The Balaban J connectivity index is 2.56. The molecule has 1 rings (SSSR count). The van der Waals surface area contributed by atoms with E-state index in [9.17, 15) is 4.79 Å². The van der Waals surface area contributed by atoms with Crippen molar-refractivity contribution >= 4 is 27.5 Å². The molecule has 1 aromatic carbocycles. The maximum absolute atomic E-state index is 11.7. The number of nitrogens with one attached hydrogen (secondary N) is 1. The quantitative estimate of drug-likeness (QED) is 0.905. The molecule has 94 valence electrons. The van der Waals surface area contributed by atoms with E-state index >= 15 is 0 Å². The third-order valence-electron chi connectivity index (χ3n) is 2.31. The Labute approximate surface area is 111 Å². The minimum Gasteiger partial charge on any atom is -0.384 e. The van der Waals surface area contributed by atoms with Crippen LogP contribution in [-0.2, 0) is 9.53 Å². The van der Waals surface area contributed by atoms with Crippen LogP contribution < -0.4 is 5.32 Å². The van der Waals surface area contributed by atoms with Gasteiger partial charge >= 0.3 is 0 Å². The summed E-state index contributed by atoms with van der Waals surface area (Å²) in [5.74, 6) is 0.250. The van der Waals surface area contributed by atoms with Crippen LogP contribution in [0.3, 0.4) is 0 Å². The van der Waals surface area contributed by atoms with Crippen molar-refractivity contribution in [1.82, 2.24) is 0 Å². The smallest absolute Gasteiger partial charge is 0.224 e. The normalized spacial score (nSPS) is 12.2. The highest BCUT2D eigenvalue weighted by Gasteiger charge is 2.09. The Morgan fingerprint density at radius 2 is 2.18 bits per heavy atom. The summed E-state index contributed by atoms with van der Waals surface area (Å²) < 4.78 is 5.98. The lowest BCUT2D eigenvalue weighted by molar-refractivity contribution is -0.117. The molecule has 0 heterocycles. The number of halogens is 1. The van der Waals surface area contributed by atoms with Crippen molar-refractivity contribution in [3.8, 4) is 0 Å². The molecule has 1 N–H and O–H groups in total. The molecule has 1 aromatic rings. The van der Waals surface area contributed by atoms with Gasteiger partial charge in [0.15, 0.2) is 0 Å². The zero-order valence-electron chi connectivity index (χ0n) is 10.4. The average Bonchev–Trinajstić information content (AvgIpc) is 2.14. The predicted octanol–water partition coefficient (Wildman–Crippen LogP) is 3.37. The molecule has 0 aliphatic carbocycles. The summed E-state index contributed by atoms with van der Waals surface area (Å²) in [5.41, 5.74) is 1.94. The van der Waals surface area contributed by atoms with E-state index in [2.05, 4.69) is 21.2 Å². The first-order valence-electron chi connectivity index (χ1n) is 5.57. The second kappa shape index (κ2) is 6.77. The van der Waals surface area contributed by atoms with Crippen molar-refractivity contribution in [3.05, 3.63) is 28.2 Å². The van der Waals surface area contributed by atoms with Crippen LogP contribution in [-0.4, -0.2) is 19.6 Å². The molecule has 0 aliphatic heterocycles. The minimum absolute atomic E-state index is 0.0204. The lowest BCUT2D eigenvalue weighted by atomic mass is 10.1. The number of carbonyl (C=O) groups is 1. The molecule has 1 atom stereocenters. The van der Waals surface area contributed by atoms with Crippen LogP contribution in [0.1, 0.15) is 18.9 Å². The predicted molar refractivity (Wildman–Crippen MR) is 73.2 cm³/mol. The molecular weight excluding hydrogens is 282 g/mol. The van der Waals surface area contributed by atoms with E-state index in [1.807, 2.05) is 32.0 Å². The van der Waals surface area contributed by atoms with E-state index in [0.717, 1.165) is 15.7 Å². The van der Waals surface area contributed by atoms with Gasteiger partial charge in [-0.15, -0.1) is 0 Å². The van der Waals surface area contributed by atoms with Crippen molar-refractivity contribution < 1.29 is 9.53 Å². The highest BCUT2D eigenvalue weighted by Crippen LogP contribution is 2.19. The van der Waals surface area contributed by atoms with Crippen LogP contribution in [0.15, 0.2) is 22.7 Å². The maximum atomic E-state index is 11.7. The van der Waals surface area contributed by atoms with Crippen LogP contribution in [0.2, 0.25) is 0 Å². The number of aryl methyl sites for hydroxylation is 1. The monoisotopic (exact) mass is 299 g/mol. The van der Waals surface area contributed by atoms with Crippen LogP contribution in [0.25, 0.3) is 0 Å². The fraction of sp³-hybridized carbons (Fsp3) is 0.462. The molecule has 0 radical (unpaired) electrons. The molecule has 1 unspecified atom stereocenters. The number of ether oxygens (including phenoxy) is 1. The van der Waals surface area contributed by atoms with Gasteiger partial charge < -0.3 is 10.1 Å². The van der Waals surface area contributed by atoms with Crippen LogP contribution in [0.5, 0.6) is 0 Å². The maximum Gasteiger partial charge on any atom is 0.224 e. The number of carbonyl (C=O) groups excluding carboxylic acids is 1. The largest absolute Gasteiger partial charge is 0.384 e. The molecule has 1 amide bonds. The first-order chi connectivity index (χ1) is 8.01. The molecule has 0 fully saturated rings. The Bertz CT molecular complexity index is 373. The van der Waals surface area contributed by atoms with E-state index in [1.165, 1.54) is 0 Å². The standard InChI is InChI=1S/C13H18BrNO2/c1-9-4-11(14)7-12(5-9)15-13(16)6-10(2)8-17-3/h4-5,7,10H,6,8H2,1-3H3,(H,15,16). The summed E-state index contributed by atoms with van der Waals surface area (Å²) in [7, 11) is 1.64. The second-order valence-corrected chi connectivity index (χ2v) is 5.25. The van der Waals surface area contributed by atoms with Crippen molar-refractivity contribution in [2.75, 3.05) is 19.0 Å². The lowest BCUT2D eigenvalue weighted by Gasteiger charge is -2.11. The summed E-state index contributed by atoms with van der Waals surface area (Å²) in [5, 5.41) is 2.89. The van der Waals surface area contributed by atoms with Gasteiger partial charge in [-0.25, -0.2) is 0 Å². The van der Waals surface area contributed by atoms with E-state index in [-0.39, 0.29) is 11.8 Å². The summed E-state index contributed by atoms with van der Waals surface area (Å²) >= 11 is 3.41. The molecule has 3 nitrogen and oxygen atoms in total. The van der Waals surface area contributed by atoms with Gasteiger partial charge in [-0.05, 0) is 36.6 Å². The van der Waals surface area contributed by atoms with Gasteiger partial charge in [-0.2, -0.15) is 0 Å². The molecule has 0 aliphatic rings. The molecule has 0 aromatic heterocycles. The number of anilines is 1. The molecular formula is C13H18BrNO2. The summed E-state index contributed by atoms with van der Waals surface area (Å²) in [4.78, 5) is 11.7. The number of amides is 1. The van der Waals surface area contributed by atoms with Gasteiger partial charge in [-0.3, -0.25) is 4.79 Å². The van der Waals surface area contributed by atoms with Crippen LogP contribution in [0, 0.1) is 12.8 Å². The Morgan fingerprint density at radius 3 is 2.76 bits per heavy atom. The fourth-order valence-electron chi connectivity index (χ4n) is 1.68. The molecule has 0 spiro atoms. The molecule has 17 heavy (non-hydrogen) atoms. The molecule has 0 saturated heterocycles. The Morgan fingerprint density at radius 1 is 1.47 bits per heavy atom. The van der Waals surface area contributed by atoms with Crippen molar-refractivity contribution in [2.24, 2.45) is 5.92 Å². The zero-order chi connectivity index (χ0) is 12.8. The van der Waals surface area contributed by atoms with Gasteiger partial charge in [0.05, 0.1) is 0 Å². The van der Waals surface area contributed by atoms with Gasteiger partial charge in [0, 0.05) is 30.3 Å². The van der Waals surface area contributed by atoms with Gasteiger partial charge in [0.2, 0.25) is 5.91 Å². The number of hydrogen-bond donors (Lipinski definition) is 1. The average molecular weight is 300 g/mol. The van der Waals surface area contributed by atoms with Crippen molar-refractivity contribution in [3.63, 3.8) is 0 Å². The minimum atomic E-state index is 0.0204. The zero-order valence-corrected chi connectivity index (χ0v) is 12.0. The number of benzene rings is 1.